The first-order valence-electron chi connectivity index (χ1n) is 5.87. The molecule has 4 rings (SSSR count). The molecule has 2 bridgehead atoms. The van der Waals surface area contributed by atoms with Gasteiger partial charge >= 0.3 is 0 Å². The number of hydrogen-bond donors (Lipinski definition) is 1. The largest absolute Gasteiger partial charge is 0.380 e. The molecule has 4 fully saturated rings. The first-order valence-corrected chi connectivity index (χ1v) is 6.63. The molecule has 2 aliphatic carbocycles. The van der Waals surface area contributed by atoms with Crippen LogP contribution in [0.15, 0.2) is 0 Å². The van der Waals surface area contributed by atoms with Crippen LogP contribution in [0.2, 0.25) is 0 Å². The molecule has 5 unspecified atom stereocenters. The van der Waals surface area contributed by atoms with E-state index in [9.17, 15) is 5.11 Å². The smallest absolute Gasteiger partial charge is 0.227 e. The number of hydrogen-bond acceptors (Lipinski definition) is 5. The van der Waals surface area contributed by atoms with E-state index in [4.69, 9.17) is 42.1 Å². The van der Waals surface area contributed by atoms with Crippen molar-refractivity contribution in [1.82, 2.24) is 0 Å². The molecule has 5 atom stereocenters. The normalized spacial score (nSPS) is 62.8. The summed E-state index contributed by atoms with van der Waals surface area (Å²) in [5.74, 6) is -2.72. The zero-order valence-corrected chi connectivity index (χ0v) is 11.5. The van der Waals surface area contributed by atoms with E-state index in [0.717, 1.165) is 0 Å². The van der Waals surface area contributed by atoms with Gasteiger partial charge in [0.25, 0.3) is 0 Å². The number of aliphatic hydroxyl groups is 1. The molecule has 1 N–H and O–H groups in total. The van der Waals surface area contributed by atoms with Gasteiger partial charge in [-0.3, -0.25) is 0 Å². The van der Waals surface area contributed by atoms with Crippen molar-refractivity contribution in [3.63, 3.8) is 0 Å². The maximum absolute atomic E-state index is 10.9. The predicted molar refractivity (Wildman–Crippen MR) is 61.6 cm³/mol. The molecule has 0 aromatic carbocycles. The van der Waals surface area contributed by atoms with Gasteiger partial charge in [-0.05, 0) is 6.42 Å². The SMILES string of the molecule is COC1(OC)C2(Cl)CC3COC4(OCC24O)C31Cl. The summed E-state index contributed by atoms with van der Waals surface area (Å²) in [5, 5.41) is 10.9. The highest BCUT2D eigenvalue weighted by molar-refractivity contribution is 6.33. The molecule has 0 radical (unpaired) electrons. The maximum Gasteiger partial charge on any atom is 0.227 e. The van der Waals surface area contributed by atoms with Crippen LogP contribution in [0.5, 0.6) is 0 Å². The molecular weight excluding hydrogens is 283 g/mol. The Morgan fingerprint density at radius 1 is 1.22 bits per heavy atom. The number of fused-ring (bicyclic) bond motifs is 2. The Morgan fingerprint density at radius 3 is 2.39 bits per heavy atom. The molecule has 2 saturated carbocycles. The Labute approximate surface area is 114 Å². The van der Waals surface area contributed by atoms with E-state index in [1.165, 1.54) is 14.2 Å². The van der Waals surface area contributed by atoms with Gasteiger partial charge in [0.15, 0.2) is 10.5 Å². The lowest BCUT2D eigenvalue weighted by Gasteiger charge is -2.56. The van der Waals surface area contributed by atoms with Crippen LogP contribution in [-0.2, 0) is 18.9 Å². The molecule has 0 amide bonds. The molecule has 18 heavy (non-hydrogen) atoms. The van der Waals surface area contributed by atoms with Crippen molar-refractivity contribution in [1.29, 1.82) is 0 Å². The molecule has 4 aliphatic rings. The molecule has 2 heterocycles. The van der Waals surface area contributed by atoms with E-state index in [2.05, 4.69) is 0 Å². The van der Waals surface area contributed by atoms with Gasteiger partial charge in [0, 0.05) is 20.1 Å². The zero-order chi connectivity index (χ0) is 13.0. The van der Waals surface area contributed by atoms with E-state index in [0.29, 0.717) is 13.0 Å². The summed E-state index contributed by atoms with van der Waals surface area (Å²) in [5.41, 5.74) is -1.39. The lowest BCUT2D eigenvalue weighted by molar-refractivity contribution is -0.398. The van der Waals surface area contributed by atoms with Crippen molar-refractivity contribution in [3.05, 3.63) is 0 Å². The van der Waals surface area contributed by atoms with Crippen LogP contribution in [0.1, 0.15) is 6.42 Å². The average Bonchev–Trinajstić information content (AvgIpc) is 2.74. The van der Waals surface area contributed by atoms with Gasteiger partial charge in [-0.2, -0.15) is 0 Å². The molecule has 1 spiro atoms. The van der Waals surface area contributed by atoms with E-state index in [1.807, 2.05) is 0 Å². The summed E-state index contributed by atoms with van der Waals surface area (Å²) in [6.45, 7) is 0.459. The van der Waals surface area contributed by atoms with Gasteiger partial charge in [0.1, 0.15) is 4.87 Å². The van der Waals surface area contributed by atoms with Gasteiger partial charge in [-0.15, -0.1) is 23.2 Å². The van der Waals surface area contributed by atoms with Crippen LogP contribution in [0.4, 0.5) is 0 Å². The van der Waals surface area contributed by atoms with E-state index in [1.54, 1.807) is 0 Å². The van der Waals surface area contributed by atoms with E-state index in [-0.39, 0.29) is 12.5 Å². The second-order valence-electron chi connectivity index (χ2n) is 5.52. The highest BCUT2D eigenvalue weighted by Gasteiger charge is 3.02. The van der Waals surface area contributed by atoms with Crippen LogP contribution in [0.3, 0.4) is 0 Å². The van der Waals surface area contributed by atoms with Gasteiger partial charge in [-0.25, -0.2) is 0 Å². The van der Waals surface area contributed by atoms with Crippen molar-refractivity contribution < 1.29 is 24.1 Å². The molecule has 0 aromatic rings. The quantitative estimate of drug-likeness (QED) is 0.592. The topological polar surface area (TPSA) is 57.2 Å². The fourth-order valence-electron chi connectivity index (χ4n) is 4.58. The average molecular weight is 297 g/mol. The molecule has 2 saturated heterocycles. The highest BCUT2D eigenvalue weighted by atomic mass is 35.5. The summed E-state index contributed by atoms with van der Waals surface area (Å²) < 4.78 is 22.4. The highest BCUT2D eigenvalue weighted by Crippen LogP contribution is 2.81. The zero-order valence-electron chi connectivity index (χ0n) is 10.0. The summed E-state index contributed by atoms with van der Waals surface area (Å²) in [4.78, 5) is -2.29. The van der Waals surface area contributed by atoms with Crippen molar-refractivity contribution in [2.75, 3.05) is 27.4 Å². The van der Waals surface area contributed by atoms with Crippen molar-refractivity contribution in [3.8, 4) is 0 Å². The number of rotatable bonds is 2. The van der Waals surface area contributed by atoms with Gasteiger partial charge in [-0.1, -0.05) is 0 Å². The predicted octanol–water partition coefficient (Wildman–Crippen LogP) is 0.452. The summed E-state index contributed by atoms with van der Waals surface area (Å²) in [6, 6.07) is 0. The van der Waals surface area contributed by atoms with Crippen LogP contribution >= 0.6 is 23.2 Å². The van der Waals surface area contributed by atoms with E-state index >= 15 is 0 Å². The molecule has 0 aromatic heterocycles. The first-order chi connectivity index (χ1) is 8.39. The van der Waals surface area contributed by atoms with E-state index < -0.39 is 26.9 Å². The molecular formula is C11H14Cl2O5. The fourth-order valence-corrected chi connectivity index (χ4v) is 6.02. The minimum Gasteiger partial charge on any atom is -0.380 e. The molecule has 7 heteroatoms. The van der Waals surface area contributed by atoms with Crippen LogP contribution < -0.4 is 0 Å². The Morgan fingerprint density at radius 2 is 1.89 bits per heavy atom. The lowest BCUT2D eigenvalue weighted by atomic mass is 9.72. The standard InChI is InChI=1S/C11H14Cl2O5/c1-15-10(16-2)7(12)3-6-4-17-11(9(6,10)13)8(7,14)5-18-11/h6,14H,3-5H2,1-2H3. The number of alkyl halides is 2. The summed E-state index contributed by atoms with van der Waals surface area (Å²) in [7, 11) is 2.96. The number of halogens is 2. The third-order valence-electron chi connectivity index (χ3n) is 5.32. The van der Waals surface area contributed by atoms with Gasteiger partial charge in [0.2, 0.25) is 11.6 Å². The van der Waals surface area contributed by atoms with Crippen LogP contribution in [0, 0.1) is 5.92 Å². The second kappa shape index (κ2) is 2.86. The van der Waals surface area contributed by atoms with Crippen molar-refractivity contribution >= 4 is 23.2 Å². The van der Waals surface area contributed by atoms with Crippen LogP contribution in [-0.4, -0.2) is 59.5 Å². The van der Waals surface area contributed by atoms with Crippen molar-refractivity contribution in [2.45, 2.75) is 33.3 Å². The second-order valence-corrected chi connectivity index (χ2v) is 6.76. The summed E-state index contributed by atoms with van der Waals surface area (Å²) in [6.07, 6.45) is 0.474. The minimum absolute atomic E-state index is 0.0721. The Hall–Kier alpha value is 0.380. The van der Waals surface area contributed by atoms with Crippen molar-refractivity contribution in [2.24, 2.45) is 5.92 Å². The summed E-state index contributed by atoms with van der Waals surface area (Å²) >= 11 is 13.5. The lowest BCUT2D eigenvalue weighted by Crippen LogP contribution is -2.77. The number of ether oxygens (including phenoxy) is 4. The Kier molecular flexibility index (Phi) is 1.93. The van der Waals surface area contributed by atoms with Gasteiger partial charge in [0.05, 0.1) is 13.2 Å². The molecule has 5 nitrogen and oxygen atoms in total. The monoisotopic (exact) mass is 296 g/mol. The molecule has 2 aliphatic heterocycles. The Balaban J connectivity index is 2.05. The maximum atomic E-state index is 10.9. The minimum atomic E-state index is -1.39. The molecule has 102 valence electrons. The third kappa shape index (κ3) is 0.682. The Bertz CT molecular complexity index is 443. The third-order valence-corrected chi connectivity index (χ3v) is 6.84. The van der Waals surface area contributed by atoms with Crippen LogP contribution in [0.25, 0.3) is 0 Å². The fraction of sp³-hybridized carbons (Fsp3) is 1.00. The van der Waals surface area contributed by atoms with Gasteiger partial charge < -0.3 is 24.1 Å². The first kappa shape index (κ1) is 12.1. The number of methoxy groups -OCH3 is 2.